The highest BCUT2D eigenvalue weighted by Crippen LogP contribution is 2.38. The molecule has 0 amide bonds. The van der Waals surface area contributed by atoms with Crippen LogP contribution in [0.2, 0.25) is 0 Å². The van der Waals surface area contributed by atoms with E-state index in [4.69, 9.17) is 9.47 Å². The molecule has 1 heterocycles. The first-order chi connectivity index (χ1) is 7.08. The third-order valence-electron chi connectivity index (χ3n) is 2.67. The van der Waals surface area contributed by atoms with E-state index >= 15 is 0 Å². The quantitative estimate of drug-likeness (QED) is 0.736. The molecule has 0 N–H and O–H groups in total. The van der Waals surface area contributed by atoms with Crippen LogP contribution in [0.4, 0.5) is 0 Å². The Bertz CT molecular complexity index is 356. The van der Waals surface area contributed by atoms with Crippen molar-refractivity contribution < 1.29 is 9.47 Å². The summed E-state index contributed by atoms with van der Waals surface area (Å²) in [5, 5.41) is 0. The molecule has 0 aromatic heterocycles. The van der Waals surface area contributed by atoms with Gasteiger partial charge in [-0.05, 0) is 23.6 Å². The first-order valence-corrected chi connectivity index (χ1v) is 5.55. The van der Waals surface area contributed by atoms with E-state index in [0.717, 1.165) is 11.5 Å². The lowest BCUT2D eigenvalue weighted by atomic mass is 10.0. The highest BCUT2D eigenvalue weighted by Gasteiger charge is 2.27. The monoisotopic (exact) mass is 206 g/mol. The molecule has 0 bridgehead atoms. The van der Waals surface area contributed by atoms with E-state index in [-0.39, 0.29) is 6.29 Å². The van der Waals surface area contributed by atoms with Crippen molar-refractivity contribution in [3.8, 4) is 11.5 Å². The third kappa shape index (κ3) is 1.94. The maximum Gasteiger partial charge on any atom is 0.243 e. The van der Waals surface area contributed by atoms with Gasteiger partial charge in [0.15, 0.2) is 11.5 Å². The molecule has 1 aliphatic heterocycles. The van der Waals surface area contributed by atoms with E-state index in [2.05, 4.69) is 39.8 Å². The molecular formula is C13H18O2. The highest BCUT2D eigenvalue weighted by atomic mass is 16.7. The smallest absolute Gasteiger partial charge is 0.243 e. The Morgan fingerprint density at radius 2 is 1.67 bits per heavy atom. The van der Waals surface area contributed by atoms with E-state index in [1.54, 1.807) is 0 Å². The molecular weight excluding hydrogens is 188 g/mol. The molecule has 0 spiro atoms. The van der Waals surface area contributed by atoms with Gasteiger partial charge >= 0.3 is 0 Å². The largest absolute Gasteiger partial charge is 0.451 e. The van der Waals surface area contributed by atoms with E-state index in [1.807, 2.05) is 6.07 Å². The zero-order valence-electron chi connectivity index (χ0n) is 9.78. The molecule has 82 valence electrons. The number of benzene rings is 1. The summed E-state index contributed by atoms with van der Waals surface area (Å²) in [5.74, 6) is 2.66. The Hall–Kier alpha value is -1.18. The maximum atomic E-state index is 5.74. The molecule has 0 saturated carbocycles. The van der Waals surface area contributed by atoms with E-state index < -0.39 is 0 Å². The maximum absolute atomic E-state index is 5.74. The Balaban J connectivity index is 2.24. The molecule has 1 aromatic rings. The van der Waals surface area contributed by atoms with Gasteiger partial charge in [-0.25, -0.2) is 0 Å². The van der Waals surface area contributed by atoms with Crippen molar-refractivity contribution in [2.24, 2.45) is 5.92 Å². The number of hydrogen-bond acceptors (Lipinski definition) is 2. The number of fused-ring (bicyclic) bond motifs is 1. The minimum atomic E-state index is -0.123. The Morgan fingerprint density at radius 3 is 2.27 bits per heavy atom. The predicted octanol–water partition coefficient (Wildman–Crippen LogP) is 3.56. The average molecular weight is 206 g/mol. The molecule has 0 aliphatic carbocycles. The van der Waals surface area contributed by atoms with Crippen LogP contribution in [0, 0.1) is 5.92 Å². The Labute approximate surface area is 91.2 Å². The lowest BCUT2D eigenvalue weighted by Crippen LogP contribution is -2.24. The van der Waals surface area contributed by atoms with Crippen LogP contribution >= 0.6 is 0 Å². The van der Waals surface area contributed by atoms with Crippen LogP contribution in [0.5, 0.6) is 11.5 Å². The lowest BCUT2D eigenvalue weighted by Gasteiger charge is -2.13. The summed E-state index contributed by atoms with van der Waals surface area (Å²) in [7, 11) is 0. The van der Waals surface area contributed by atoms with Crippen LogP contribution in [-0.2, 0) is 0 Å². The SMILES string of the molecule is CC(C)c1ccc2c(c1)OC(C(C)C)O2. The molecule has 1 atom stereocenters. The van der Waals surface area contributed by atoms with Gasteiger partial charge in [-0.15, -0.1) is 0 Å². The fraction of sp³-hybridized carbons (Fsp3) is 0.538. The molecule has 0 radical (unpaired) electrons. The topological polar surface area (TPSA) is 18.5 Å². The van der Waals surface area contributed by atoms with Crippen molar-refractivity contribution >= 4 is 0 Å². The predicted molar refractivity (Wildman–Crippen MR) is 60.4 cm³/mol. The molecule has 2 heteroatoms. The molecule has 1 aliphatic rings. The van der Waals surface area contributed by atoms with Gasteiger partial charge in [0.1, 0.15) is 0 Å². The van der Waals surface area contributed by atoms with Crippen LogP contribution in [0.25, 0.3) is 0 Å². The van der Waals surface area contributed by atoms with Gasteiger partial charge in [-0.1, -0.05) is 33.8 Å². The molecule has 0 fully saturated rings. The fourth-order valence-electron chi connectivity index (χ4n) is 1.62. The Kier molecular flexibility index (Phi) is 2.59. The lowest BCUT2D eigenvalue weighted by molar-refractivity contribution is 0.00909. The van der Waals surface area contributed by atoms with Crippen molar-refractivity contribution in [2.75, 3.05) is 0 Å². The normalized spacial score (nSPS) is 18.9. The third-order valence-corrected chi connectivity index (χ3v) is 2.67. The second-order valence-electron chi connectivity index (χ2n) is 4.71. The zero-order chi connectivity index (χ0) is 11.0. The summed E-state index contributed by atoms with van der Waals surface area (Å²) in [4.78, 5) is 0. The summed E-state index contributed by atoms with van der Waals surface area (Å²) in [6.45, 7) is 8.55. The minimum absolute atomic E-state index is 0.123. The second kappa shape index (κ2) is 3.76. The first kappa shape index (κ1) is 10.3. The van der Waals surface area contributed by atoms with Gasteiger partial charge in [0, 0.05) is 5.92 Å². The molecule has 0 saturated heterocycles. The first-order valence-electron chi connectivity index (χ1n) is 5.55. The molecule has 2 rings (SSSR count). The van der Waals surface area contributed by atoms with Gasteiger partial charge in [0.05, 0.1) is 0 Å². The van der Waals surface area contributed by atoms with Gasteiger partial charge in [0.25, 0.3) is 0 Å². The van der Waals surface area contributed by atoms with Crippen molar-refractivity contribution in [3.63, 3.8) is 0 Å². The van der Waals surface area contributed by atoms with Crippen LogP contribution in [0.3, 0.4) is 0 Å². The zero-order valence-corrected chi connectivity index (χ0v) is 9.78. The van der Waals surface area contributed by atoms with Crippen molar-refractivity contribution in [1.82, 2.24) is 0 Å². The van der Waals surface area contributed by atoms with Crippen LogP contribution in [-0.4, -0.2) is 6.29 Å². The van der Waals surface area contributed by atoms with Crippen LogP contribution < -0.4 is 9.47 Å². The fourth-order valence-corrected chi connectivity index (χ4v) is 1.62. The van der Waals surface area contributed by atoms with Gasteiger partial charge < -0.3 is 9.47 Å². The van der Waals surface area contributed by atoms with Gasteiger partial charge in [-0.3, -0.25) is 0 Å². The van der Waals surface area contributed by atoms with Crippen molar-refractivity contribution in [1.29, 1.82) is 0 Å². The summed E-state index contributed by atoms with van der Waals surface area (Å²) in [5.41, 5.74) is 1.29. The minimum Gasteiger partial charge on any atom is -0.451 e. The van der Waals surface area contributed by atoms with E-state index in [1.165, 1.54) is 5.56 Å². The Morgan fingerprint density at radius 1 is 1.00 bits per heavy atom. The summed E-state index contributed by atoms with van der Waals surface area (Å²) < 4.78 is 11.4. The van der Waals surface area contributed by atoms with Crippen molar-refractivity contribution in [3.05, 3.63) is 23.8 Å². The molecule has 1 unspecified atom stereocenters. The summed E-state index contributed by atoms with van der Waals surface area (Å²) in [6, 6.07) is 6.20. The van der Waals surface area contributed by atoms with E-state index in [0.29, 0.717) is 11.8 Å². The van der Waals surface area contributed by atoms with Crippen molar-refractivity contribution in [2.45, 2.75) is 39.9 Å². The number of ether oxygens (including phenoxy) is 2. The highest BCUT2D eigenvalue weighted by molar-refractivity contribution is 5.45. The number of rotatable bonds is 2. The van der Waals surface area contributed by atoms with Crippen LogP contribution in [0.15, 0.2) is 18.2 Å². The second-order valence-corrected chi connectivity index (χ2v) is 4.71. The average Bonchev–Trinajstić information content (AvgIpc) is 2.59. The van der Waals surface area contributed by atoms with Crippen LogP contribution in [0.1, 0.15) is 39.2 Å². The van der Waals surface area contributed by atoms with Gasteiger partial charge in [-0.2, -0.15) is 0 Å². The summed E-state index contributed by atoms with van der Waals surface area (Å²) in [6.07, 6.45) is -0.123. The molecule has 15 heavy (non-hydrogen) atoms. The number of hydrogen-bond donors (Lipinski definition) is 0. The standard InChI is InChI=1S/C13H18O2/c1-8(2)10-5-6-11-12(7-10)15-13(14-11)9(3)4/h5-9,13H,1-4H3. The summed E-state index contributed by atoms with van der Waals surface area (Å²) >= 11 is 0. The van der Waals surface area contributed by atoms with Gasteiger partial charge in [0.2, 0.25) is 6.29 Å². The van der Waals surface area contributed by atoms with E-state index in [9.17, 15) is 0 Å². The molecule has 1 aromatic carbocycles. The molecule has 2 nitrogen and oxygen atoms in total.